The van der Waals surface area contributed by atoms with Crippen molar-refractivity contribution in [1.29, 1.82) is 0 Å². The fourth-order valence-electron chi connectivity index (χ4n) is 2.54. The van der Waals surface area contributed by atoms with Gasteiger partial charge < -0.3 is 20.4 Å². The summed E-state index contributed by atoms with van der Waals surface area (Å²) in [4.78, 5) is 27.3. The fraction of sp³-hybridized carbons (Fsp3) is 0.529. The molecule has 0 spiro atoms. The first-order chi connectivity index (χ1) is 10.7. The largest absolute Gasteiger partial charge is 0.368 e. The van der Waals surface area contributed by atoms with E-state index in [-0.39, 0.29) is 17.5 Å². The van der Waals surface area contributed by atoms with Gasteiger partial charge in [-0.1, -0.05) is 0 Å². The molecule has 23 heavy (non-hydrogen) atoms. The predicted molar refractivity (Wildman–Crippen MR) is 92.8 cm³/mol. The smallest absolute Gasteiger partial charge is 0.319 e. The molecule has 1 fully saturated rings. The van der Waals surface area contributed by atoms with E-state index in [1.165, 1.54) is 0 Å². The summed E-state index contributed by atoms with van der Waals surface area (Å²) >= 11 is 0. The maximum atomic E-state index is 11.8. The summed E-state index contributed by atoms with van der Waals surface area (Å²) < 4.78 is 0. The number of amides is 3. The molecule has 0 atom stereocenters. The molecule has 126 valence electrons. The van der Waals surface area contributed by atoms with E-state index in [1.54, 1.807) is 6.92 Å². The molecule has 1 aromatic rings. The van der Waals surface area contributed by atoms with Crippen LogP contribution in [0.4, 0.5) is 16.2 Å². The molecule has 1 aliphatic heterocycles. The lowest BCUT2D eigenvalue weighted by Crippen LogP contribution is -2.48. The van der Waals surface area contributed by atoms with Gasteiger partial charge in [0.1, 0.15) is 0 Å². The summed E-state index contributed by atoms with van der Waals surface area (Å²) in [6, 6.07) is 7.58. The molecule has 1 heterocycles. The van der Waals surface area contributed by atoms with Crippen molar-refractivity contribution < 1.29 is 9.59 Å². The Labute approximate surface area is 137 Å². The Morgan fingerprint density at radius 2 is 1.57 bits per heavy atom. The zero-order chi connectivity index (χ0) is 17.0. The van der Waals surface area contributed by atoms with Crippen molar-refractivity contribution in [3.63, 3.8) is 0 Å². The minimum absolute atomic E-state index is 0.133. The average molecular weight is 318 g/mol. The molecule has 2 rings (SSSR count). The number of rotatable bonds is 2. The number of urea groups is 1. The van der Waals surface area contributed by atoms with Crippen LogP contribution in [0.15, 0.2) is 24.3 Å². The van der Waals surface area contributed by atoms with E-state index in [0.29, 0.717) is 0 Å². The highest BCUT2D eigenvalue weighted by Gasteiger charge is 2.19. The number of hydrogen-bond donors (Lipinski definition) is 2. The highest BCUT2D eigenvalue weighted by molar-refractivity contribution is 5.89. The third kappa shape index (κ3) is 5.16. The highest BCUT2D eigenvalue weighted by atomic mass is 16.2. The van der Waals surface area contributed by atoms with E-state index in [4.69, 9.17) is 0 Å². The van der Waals surface area contributed by atoms with Crippen LogP contribution in [0.2, 0.25) is 0 Å². The van der Waals surface area contributed by atoms with E-state index in [1.807, 2.05) is 49.9 Å². The van der Waals surface area contributed by atoms with Crippen LogP contribution in [0.3, 0.4) is 0 Å². The Balaban J connectivity index is 1.90. The van der Waals surface area contributed by atoms with Crippen molar-refractivity contribution in [2.75, 3.05) is 36.4 Å². The number of benzene rings is 1. The average Bonchev–Trinajstić information content (AvgIpc) is 2.46. The molecule has 0 saturated carbocycles. The Bertz CT molecular complexity index is 555. The van der Waals surface area contributed by atoms with Gasteiger partial charge in [0, 0.05) is 50.0 Å². The monoisotopic (exact) mass is 318 g/mol. The number of nitrogens with zero attached hydrogens (tertiary/aromatic N) is 2. The Morgan fingerprint density at radius 3 is 2.04 bits per heavy atom. The topological polar surface area (TPSA) is 64.7 Å². The van der Waals surface area contributed by atoms with Gasteiger partial charge in [-0.25, -0.2) is 4.79 Å². The molecule has 2 N–H and O–H groups in total. The second-order valence-electron chi connectivity index (χ2n) is 6.87. The van der Waals surface area contributed by atoms with Crippen molar-refractivity contribution in [2.45, 2.75) is 33.2 Å². The zero-order valence-electron chi connectivity index (χ0n) is 14.3. The van der Waals surface area contributed by atoms with Gasteiger partial charge in [0.25, 0.3) is 0 Å². The van der Waals surface area contributed by atoms with Crippen molar-refractivity contribution >= 4 is 23.3 Å². The van der Waals surface area contributed by atoms with Crippen molar-refractivity contribution in [3.8, 4) is 0 Å². The van der Waals surface area contributed by atoms with Gasteiger partial charge in [-0.15, -0.1) is 0 Å². The molecule has 0 aromatic heterocycles. The normalized spacial score (nSPS) is 15.3. The van der Waals surface area contributed by atoms with E-state index < -0.39 is 0 Å². The van der Waals surface area contributed by atoms with E-state index in [2.05, 4.69) is 15.5 Å². The number of nitrogens with one attached hydrogen (secondary N) is 2. The molecule has 6 heteroatoms. The molecule has 1 saturated heterocycles. The van der Waals surface area contributed by atoms with Gasteiger partial charge in [-0.2, -0.15) is 0 Å². The minimum Gasteiger partial charge on any atom is -0.368 e. The Morgan fingerprint density at radius 1 is 1.00 bits per heavy atom. The Hall–Kier alpha value is -2.24. The number of carbonyl (C=O) groups excluding carboxylic acids is 2. The predicted octanol–water partition coefficient (Wildman–Crippen LogP) is 2.28. The quantitative estimate of drug-likeness (QED) is 0.879. The lowest BCUT2D eigenvalue weighted by Gasteiger charge is -2.35. The molecule has 0 unspecified atom stereocenters. The van der Waals surface area contributed by atoms with Crippen LogP contribution in [0, 0.1) is 0 Å². The SMILES string of the molecule is CC(=O)N1CCN(c2ccc(NC(=O)NC(C)(C)C)cc2)CC1. The van der Waals surface area contributed by atoms with Crippen LogP contribution in [0.1, 0.15) is 27.7 Å². The van der Waals surface area contributed by atoms with Gasteiger partial charge in [0.15, 0.2) is 0 Å². The van der Waals surface area contributed by atoms with Gasteiger partial charge in [-0.05, 0) is 45.0 Å². The second-order valence-corrected chi connectivity index (χ2v) is 6.87. The van der Waals surface area contributed by atoms with Crippen LogP contribution in [-0.2, 0) is 4.79 Å². The molecule has 3 amide bonds. The van der Waals surface area contributed by atoms with Crippen LogP contribution in [-0.4, -0.2) is 48.6 Å². The summed E-state index contributed by atoms with van der Waals surface area (Å²) in [5, 5.41) is 5.69. The molecular formula is C17H26N4O2. The molecule has 0 radical (unpaired) electrons. The van der Waals surface area contributed by atoms with E-state index in [0.717, 1.165) is 37.6 Å². The van der Waals surface area contributed by atoms with E-state index >= 15 is 0 Å². The van der Waals surface area contributed by atoms with Crippen LogP contribution in [0.5, 0.6) is 0 Å². The van der Waals surface area contributed by atoms with Crippen LogP contribution < -0.4 is 15.5 Å². The van der Waals surface area contributed by atoms with Crippen LogP contribution >= 0.6 is 0 Å². The second kappa shape index (κ2) is 6.89. The maximum absolute atomic E-state index is 11.8. The van der Waals surface area contributed by atoms with Gasteiger partial charge >= 0.3 is 6.03 Å². The lowest BCUT2D eigenvalue weighted by molar-refractivity contribution is -0.129. The summed E-state index contributed by atoms with van der Waals surface area (Å²) in [5.41, 5.74) is 1.60. The zero-order valence-corrected chi connectivity index (χ0v) is 14.3. The van der Waals surface area contributed by atoms with Gasteiger partial charge in [0.05, 0.1) is 0 Å². The third-order valence-corrected chi connectivity index (χ3v) is 3.70. The number of anilines is 2. The molecule has 1 aromatic carbocycles. The van der Waals surface area contributed by atoms with Gasteiger partial charge in [0.2, 0.25) is 5.91 Å². The summed E-state index contributed by atoms with van der Waals surface area (Å²) in [7, 11) is 0. The number of carbonyl (C=O) groups is 2. The highest BCUT2D eigenvalue weighted by Crippen LogP contribution is 2.19. The first kappa shape index (κ1) is 17.1. The summed E-state index contributed by atoms with van der Waals surface area (Å²) in [5.74, 6) is 0.133. The number of piperazine rings is 1. The van der Waals surface area contributed by atoms with Gasteiger partial charge in [-0.3, -0.25) is 4.79 Å². The Kier molecular flexibility index (Phi) is 5.13. The first-order valence-corrected chi connectivity index (χ1v) is 7.94. The van der Waals surface area contributed by atoms with Crippen LogP contribution in [0.25, 0.3) is 0 Å². The minimum atomic E-state index is -0.263. The maximum Gasteiger partial charge on any atom is 0.319 e. The molecule has 0 bridgehead atoms. The molecule has 0 aliphatic carbocycles. The van der Waals surface area contributed by atoms with Crippen molar-refractivity contribution in [1.82, 2.24) is 10.2 Å². The third-order valence-electron chi connectivity index (χ3n) is 3.70. The number of hydrogen-bond acceptors (Lipinski definition) is 3. The van der Waals surface area contributed by atoms with E-state index in [9.17, 15) is 9.59 Å². The molecule has 6 nitrogen and oxygen atoms in total. The standard InChI is InChI=1S/C17H26N4O2/c1-13(22)20-9-11-21(12-10-20)15-7-5-14(6-8-15)18-16(23)19-17(2,3)4/h5-8H,9-12H2,1-4H3,(H2,18,19,23). The van der Waals surface area contributed by atoms with Crippen molar-refractivity contribution in [3.05, 3.63) is 24.3 Å². The summed E-state index contributed by atoms with van der Waals surface area (Å²) in [6.45, 7) is 10.6. The molecule has 1 aliphatic rings. The first-order valence-electron chi connectivity index (χ1n) is 7.94. The fourth-order valence-corrected chi connectivity index (χ4v) is 2.54. The summed E-state index contributed by atoms with van der Waals surface area (Å²) in [6.07, 6.45) is 0. The van der Waals surface area contributed by atoms with Crippen molar-refractivity contribution in [2.24, 2.45) is 0 Å². The lowest BCUT2D eigenvalue weighted by atomic mass is 10.1. The molecular weight excluding hydrogens is 292 g/mol.